The minimum atomic E-state index is -0.505. The summed E-state index contributed by atoms with van der Waals surface area (Å²) in [6.07, 6.45) is 3.49. The van der Waals surface area contributed by atoms with Crippen molar-refractivity contribution in [3.8, 4) is 0 Å². The number of hydrogen-bond acceptors (Lipinski definition) is 3. The molecular weight excluding hydrogens is 351 g/mol. The second-order valence-corrected chi connectivity index (χ2v) is 6.99. The Bertz CT molecular complexity index is 1030. The molecule has 1 N–H and O–H groups in total. The molecule has 6 heteroatoms. The number of amides is 1. The van der Waals surface area contributed by atoms with Gasteiger partial charge in [0, 0.05) is 23.5 Å². The molecule has 1 amide bonds. The van der Waals surface area contributed by atoms with Crippen LogP contribution in [-0.4, -0.2) is 16.7 Å². The summed E-state index contributed by atoms with van der Waals surface area (Å²) in [7, 11) is 1.72. The van der Waals surface area contributed by atoms with Crippen molar-refractivity contribution in [2.45, 2.75) is 17.9 Å². The minimum absolute atomic E-state index is 0.00168. The summed E-state index contributed by atoms with van der Waals surface area (Å²) in [6, 6.07) is 11.6. The van der Waals surface area contributed by atoms with Gasteiger partial charge >= 0.3 is 0 Å². The monoisotopic (exact) mass is 370 g/mol. The van der Waals surface area contributed by atoms with E-state index in [1.807, 2.05) is 37.4 Å². The third-order valence-corrected chi connectivity index (χ3v) is 5.10. The Kier molecular flexibility index (Phi) is 5.13. The summed E-state index contributed by atoms with van der Waals surface area (Å²) >= 11 is 1.64. The number of nitrogens with zero attached hydrogens (tertiary/aromatic N) is 1. The number of aromatic nitrogens is 1. The van der Waals surface area contributed by atoms with Crippen molar-refractivity contribution < 1.29 is 9.18 Å². The first-order chi connectivity index (χ1) is 12.4. The van der Waals surface area contributed by atoms with E-state index < -0.39 is 17.2 Å². The number of aryl methyl sites for hydroxylation is 1. The molecular formula is C20H19FN2O2S. The van der Waals surface area contributed by atoms with Gasteiger partial charge in [-0.05, 0) is 49.1 Å². The highest BCUT2D eigenvalue weighted by atomic mass is 32.2. The molecule has 1 aromatic heterocycles. The third kappa shape index (κ3) is 3.51. The van der Waals surface area contributed by atoms with Crippen LogP contribution >= 0.6 is 11.8 Å². The van der Waals surface area contributed by atoms with Gasteiger partial charge in [-0.1, -0.05) is 12.1 Å². The van der Waals surface area contributed by atoms with E-state index in [2.05, 4.69) is 5.32 Å². The summed E-state index contributed by atoms with van der Waals surface area (Å²) in [5.74, 6) is -0.979. The molecule has 1 unspecified atom stereocenters. The Hall–Kier alpha value is -2.60. The molecule has 1 heterocycles. The number of thioether (sulfide) groups is 1. The number of nitrogens with one attached hydrogen (secondary N) is 1. The second-order valence-electron chi connectivity index (χ2n) is 6.11. The van der Waals surface area contributed by atoms with Gasteiger partial charge < -0.3 is 9.88 Å². The fourth-order valence-corrected chi connectivity index (χ4v) is 3.28. The zero-order chi connectivity index (χ0) is 18.8. The molecule has 0 saturated carbocycles. The molecule has 0 aliphatic carbocycles. The van der Waals surface area contributed by atoms with Gasteiger partial charge in [0.05, 0.1) is 11.6 Å². The number of halogens is 1. The lowest BCUT2D eigenvalue weighted by Gasteiger charge is -2.15. The highest BCUT2D eigenvalue weighted by molar-refractivity contribution is 7.98. The van der Waals surface area contributed by atoms with Crippen molar-refractivity contribution in [2.75, 3.05) is 6.26 Å². The Morgan fingerprint density at radius 2 is 1.88 bits per heavy atom. The molecule has 26 heavy (non-hydrogen) atoms. The fourth-order valence-electron chi connectivity index (χ4n) is 2.88. The van der Waals surface area contributed by atoms with Crippen LogP contribution in [0, 0.1) is 5.82 Å². The fraction of sp³-hybridized carbons (Fsp3) is 0.200. The molecule has 0 aliphatic rings. The molecule has 0 radical (unpaired) electrons. The van der Waals surface area contributed by atoms with Crippen molar-refractivity contribution >= 4 is 28.6 Å². The molecule has 0 saturated heterocycles. The van der Waals surface area contributed by atoms with Crippen LogP contribution in [0.5, 0.6) is 0 Å². The molecule has 1 atom stereocenters. The van der Waals surface area contributed by atoms with Gasteiger partial charge in [0.2, 0.25) is 5.43 Å². The zero-order valence-corrected chi connectivity index (χ0v) is 15.6. The Morgan fingerprint density at radius 3 is 2.54 bits per heavy atom. The molecule has 3 aromatic rings. The number of rotatable bonds is 4. The van der Waals surface area contributed by atoms with Gasteiger partial charge in [0.15, 0.2) is 0 Å². The maximum Gasteiger partial charge on any atom is 0.257 e. The van der Waals surface area contributed by atoms with E-state index in [4.69, 9.17) is 0 Å². The van der Waals surface area contributed by atoms with Crippen LogP contribution in [0.2, 0.25) is 0 Å². The summed E-state index contributed by atoms with van der Waals surface area (Å²) in [4.78, 5) is 26.4. The van der Waals surface area contributed by atoms with Crippen molar-refractivity contribution in [3.63, 3.8) is 0 Å². The van der Waals surface area contributed by atoms with Crippen molar-refractivity contribution in [1.29, 1.82) is 0 Å². The Balaban J connectivity index is 1.92. The lowest BCUT2D eigenvalue weighted by atomic mass is 10.1. The van der Waals surface area contributed by atoms with E-state index in [-0.39, 0.29) is 17.0 Å². The van der Waals surface area contributed by atoms with Crippen LogP contribution in [0.4, 0.5) is 4.39 Å². The first-order valence-electron chi connectivity index (χ1n) is 8.14. The van der Waals surface area contributed by atoms with E-state index in [0.29, 0.717) is 5.52 Å². The van der Waals surface area contributed by atoms with Crippen LogP contribution in [0.3, 0.4) is 0 Å². The predicted molar refractivity (Wildman–Crippen MR) is 103 cm³/mol. The first kappa shape index (κ1) is 18.2. The summed E-state index contributed by atoms with van der Waals surface area (Å²) in [6.45, 7) is 1.86. The van der Waals surface area contributed by atoms with Gasteiger partial charge in [0.1, 0.15) is 11.4 Å². The SMILES string of the molecule is CSc1ccc(C(C)NC(=O)c2cn(C)c3ccc(F)cc3c2=O)cc1. The molecule has 0 spiro atoms. The molecule has 0 fully saturated rings. The average Bonchev–Trinajstić information content (AvgIpc) is 2.64. The van der Waals surface area contributed by atoms with Gasteiger partial charge in [-0.3, -0.25) is 9.59 Å². The number of carbonyl (C=O) groups is 1. The number of carbonyl (C=O) groups excluding carboxylic acids is 1. The van der Waals surface area contributed by atoms with Gasteiger partial charge in [-0.2, -0.15) is 0 Å². The number of benzene rings is 2. The van der Waals surface area contributed by atoms with Crippen LogP contribution < -0.4 is 10.7 Å². The molecule has 4 nitrogen and oxygen atoms in total. The molecule has 3 rings (SSSR count). The number of fused-ring (bicyclic) bond motifs is 1. The summed E-state index contributed by atoms with van der Waals surface area (Å²) in [5, 5.41) is 3.04. The van der Waals surface area contributed by atoms with Gasteiger partial charge in [-0.15, -0.1) is 11.8 Å². The molecule has 134 valence electrons. The van der Waals surface area contributed by atoms with Gasteiger partial charge in [-0.25, -0.2) is 4.39 Å². The van der Waals surface area contributed by atoms with Gasteiger partial charge in [0.25, 0.3) is 5.91 Å². The van der Waals surface area contributed by atoms with Crippen molar-refractivity contribution in [2.24, 2.45) is 7.05 Å². The zero-order valence-electron chi connectivity index (χ0n) is 14.7. The lowest BCUT2D eigenvalue weighted by Crippen LogP contribution is -2.31. The van der Waals surface area contributed by atoms with E-state index in [1.54, 1.807) is 23.4 Å². The number of pyridine rings is 1. The largest absolute Gasteiger partial charge is 0.350 e. The standard InChI is InChI=1S/C20H19FN2O2S/c1-12(13-4-7-15(26-3)8-5-13)22-20(25)17-11-23(2)18-9-6-14(21)10-16(18)19(17)24/h4-12H,1-3H3,(H,22,25). The maximum absolute atomic E-state index is 13.5. The van der Waals surface area contributed by atoms with Crippen LogP contribution in [0.15, 0.2) is 58.4 Å². The summed E-state index contributed by atoms with van der Waals surface area (Å²) in [5.41, 5.74) is 1.05. The molecule has 2 aromatic carbocycles. The highest BCUT2D eigenvalue weighted by Gasteiger charge is 2.17. The van der Waals surface area contributed by atoms with Crippen molar-refractivity contribution in [3.05, 3.63) is 75.8 Å². The van der Waals surface area contributed by atoms with E-state index >= 15 is 0 Å². The highest BCUT2D eigenvalue weighted by Crippen LogP contribution is 2.19. The Morgan fingerprint density at radius 1 is 1.19 bits per heavy atom. The molecule has 0 bridgehead atoms. The predicted octanol–water partition coefficient (Wildman–Crippen LogP) is 3.89. The van der Waals surface area contributed by atoms with Crippen molar-refractivity contribution in [1.82, 2.24) is 9.88 Å². The van der Waals surface area contributed by atoms with E-state index in [9.17, 15) is 14.0 Å². The average molecular weight is 370 g/mol. The summed E-state index contributed by atoms with van der Waals surface area (Å²) < 4.78 is 15.2. The van der Waals surface area contributed by atoms with E-state index in [1.165, 1.54) is 24.4 Å². The number of hydrogen-bond donors (Lipinski definition) is 1. The lowest BCUT2D eigenvalue weighted by molar-refractivity contribution is 0.0938. The first-order valence-corrected chi connectivity index (χ1v) is 9.37. The van der Waals surface area contributed by atoms with Crippen LogP contribution in [0.1, 0.15) is 28.9 Å². The quantitative estimate of drug-likeness (QED) is 0.709. The minimum Gasteiger partial charge on any atom is -0.350 e. The third-order valence-electron chi connectivity index (χ3n) is 4.36. The topological polar surface area (TPSA) is 51.1 Å². The second kappa shape index (κ2) is 7.33. The van der Waals surface area contributed by atoms with Crippen LogP contribution in [-0.2, 0) is 7.05 Å². The molecule has 0 aliphatic heterocycles. The normalized spacial score (nSPS) is 12.2. The Labute approximate surface area is 155 Å². The van der Waals surface area contributed by atoms with E-state index in [0.717, 1.165) is 10.5 Å². The smallest absolute Gasteiger partial charge is 0.257 e. The maximum atomic E-state index is 13.5. The van der Waals surface area contributed by atoms with Crippen LogP contribution in [0.25, 0.3) is 10.9 Å².